The van der Waals surface area contributed by atoms with Crippen molar-refractivity contribution in [3.05, 3.63) is 24.0 Å². The van der Waals surface area contributed by atoms with Crippen LogP contribution >= 0.6 is 0 Å². The largest absolute Gasteiger partial charge is 0.433 e. The summed E-state index contributed by atoms with van der Waals surface area (Å²) in [5, 5.41) is 9.69. The Hall–Kier alpha value is -1.19. The summed E-state index contributed by atoms with van der Waals surface area (Å²) in [5.41, 5.74) is -1.17. The molecule has 0 saturated heterocycles. The molecule has 2 N–H and O–H groups in total. The quantitative estimate of drug-likeness (QED) is 0.835. The normalized spacial score (nSPS) is 15.7. The summed E-state index contributed by atoms with van der Waals surface area (Å²) in [6, 6.07) is 1.42. The average Bonchev–Trinajstić information content (AvgIpc) is 2.43. The summed E-state index contributed by atoms with van der Waals surface area (Å²) >= 11 is 0. The van der Waals surface area contributed by atoms with Crippen LogP contribution in [0.2, 0.25) is 0 Å². The summed E-state index contributed by atoms with van der Waals surface area (Å²) in [4.78, 5) is 2.71. The maximum absolute atomic E-state index is 12.3. The summed E-state index contributed by atoms with van der Waals surface area (Å²) in [7, 11) is -4.00. The number of hydrogen-bond donors (Lipinski definition) is 2. The molecule has 0 aliphatic heterocycles. The zero-order valence-corrected chi connectivity index (χ0v) is 12.4. The number of nitrogens with zero attached hydrogens (tertiary/aromatic N) is 1. The zero-order chi connectivity index (χ0) is 16.3. The van der Waals surface area contributed by atoms with E-state index < -0.39 is 28.0 Å². The Morgan fingerprint density at radius 1 is 1.38 bits per heavy atom. The fourth-order valence-corrected chi connectivity index (χ4v) is 2.45. The number of sulfonamides is 1. The van der Waals surface area contributed by atoms with E-state index in [2.05, 4.69) is 9.71 Å². The third kappa shape index (κ3) is 4.94. The summed E-state index contributed by atoms with van der Waals surface area (Å²) in [6.07, 6.45) is -4.18. The van der Waals surface area contributed by atoms with E-state index in [1.165, 1.54) is 0 Å². The predicted molar refractivity (Wildman–Crippen MR) is 69.9 cm³/mol. The van der Waals surface area contributed by atoms with Gasteiger partial charge in [-0.15, -0.1) is 0 Å². The van der Waals surface area contributed by atoms with E-state index in [0.29, 0.717) is 18.7 Å². The first-order valence-electron chi connectivity index (χ1n) is 6.29. The first kappa shape index (κ1) is 17.9. The molecule has 120 valence electrons. The molecule has 1 rings (SSSR count). The minimum atomic E-state index is -4.62. The van der Waals surface area contributed by atoms with Crippen molar-refractivity contribution < 1.29 is 26.7 Å². The molecular weight excluding hydrogens is 309 g/mol. The molecule has 21 heavy (non-hydrogen) atoms. The molecule has 0 amide bonds. The second-order valence-corrected chi connectivity index (χ2v) is 6.45. The van der Waals surface area contributed by atoms with Gasteiger partial charge in [0.15, 0.2) is 0 Å². The number of alkyl halides is 3. The van der Waals surface area contributed by atoms with Crippen LogP contribution in [-0.2, 0) is 16.2 Å². The number of pyridine rings is 1. The number of halogens is 3. The highest BCUT2D eigenvalue weighted by atomic mass is 32.2. The van der Waals surface area contributed by atoms with E-state index >= 15 is 0 Å². The third-order valence-electron chi connectivity index (χ3n) is 3.12. The van der Waals surface area contributed by atoms with E-state index in [1.807, 2.05) is 6.92 Å². The Kier molecular flexibility index (Phi) is 5.71. The molecule has 0 fully saturated rings. The van der Waals surface area contributed by atoms with E-state index in [-0.39, 0.29) is 17.4 Å². The van der Waals surface area contributed by atoms with Crippen molar-refractivity contribution in [1.29, 1.82) is 0 Å². The molecule has 0 unspecified atom stereocenters. The Morgan fingerprint density at radius 2 is 2.00 bits per heavy atom. The van der Waals surface area contributed by atoms with Gasteiger partial charge in [0, 0.05) is 12.7 Å². The van der Waals surface area contributed by atoms with Crippen LogP contribution in [0.1, 0.15) is 26.0 Å². The van der Waals surface area contributed by atoms with Crippen molar-refractivity contribution in [3.8, 4) is 0 Å². The number of nitrogens with one attached hydrogen (secondary N) is 1. The van der Waals surface area contributed by atoms with Gasteiger partial charge >= 0.3 is 6.18 Å². The highest BCUT2D eigenvalue weighted by Gasteiger charge is 2.32. The van der Waals surface area contributed by atoms with E-state index in [1.54, 1.807) is 6.92 Å². The van der Waals surface area contributed by atoms with Crippen LogP contribution in [0.15, 0.2) is 23.2 Å². The van der Waals surface area contributed by atoms with Gasteiger partial charge in [-0.3, -0.25) is 4.98 Å². The minimum absolute atomic E-state index is 0.0987. The molecule has 0 aliphatic rings. The van der Waals surface area contributed by atoms with E-state index in [9.17, 15) is 26.7 Å². The first-order valence-corrected chi connectivity index (χ1v) is 7.77. The molecule has 0 saturated carbocycles. The molecule has 1 heterocycles. The molecule has 0 bridgehead atoms. The molecule has 0 radical (unpaired) electrons. The van der Waals surface area contributed by atoms with Crippen LogP contribution in [0, 0.1) is 5.92 Å². The fraction of sp³-hybridized carbons (Fsp3) is 0.583. The highest BCUT2D eigenvalue weighted by molar-refractivity contribution is 7.89. The molecule has 5 nitrogen and oxygen atoms in total. The number of aliphatic hydroxyl groups is 1. The molecule has 0 spiro atoms. The average molecular weight is 326 g/mol. The molecule has 0 aromatic carbocycles. The van der Waals surface area contributed by atoms with Gasteiger partial charge in [0.25, 0.3) is 0 Å². The van der Waals surface area contributed by atoms with E-state index in [4.69, 9.17) is 0 Å². The van der Waals surface area contributed by atoms with Gasteiger partial charge in [-0.05, 0) is 18.1 Å². The number of rotatable bonds is 6. The number of hydrogen-bond acceptors (Lipinski definition) is 4. The fourth-order valence-electron chi connectivity index (χ4n) is 1.46. The van der Waals surface area contributed by atoms with Crippen molar-refractivity contribution in [1.82, 2.24) is 9.71 Å². The lowest BCUT2D eigenvalue weighted by Crippen LogP contribution is -2.35. The zero-order valence-electron chi connectivity index (χ0n) is 11.6. The Labute approximate surface area is 121 Å². The van der Waals surface area contributed by atoms with Crippen molar-refractivity contribution in [2.75, 3.05) is 6.54 Å². The number of aromatic nitrogens is 1. The molecule has 1 aromatic rings. The van der Waals surface area contributed by atoms with Crippen molar-refractivity contribution in [2.24, 2.45) is 5.92 Å². The smallest absolute Gasteiger partial charge is 0.391 e. The summed E-state index contributed by atoms with van der Waals surface area (Å²) in [6.45, 7) is 3.40. The van der Waals surface area contributed by atoms with Gasteiger partial charge in [0.2, 0.25) is 10.0 Å². The maximum atomic E-state index is 12.3. The van der Waals surface area contributed by atoms with Crippen LogP contribution in [0.3, 0.4) is 0 Å². The van der Waals surface area contributed by atoms with Gasteiger partial charge in [0.1, 0.15) is 10.6 Å². The Bertz CT molecular complexity index is 558. The summed E-state index contributed by atoms with van der Waals surface area (Å²) < 4.78 is 62.9. The SMILES string of the molecule is CC[C@@H](C)[C@H](O)CNS(=O)(=O)c1ccc(C(F)(F)F)nc1. The van der Waals surface area contributed by atoms with Crippen molar-refractivity contribution >= 4 is 10.0 Å². The Balaban J connectivity index is 2.80. The lowest BCUT2D eigenvalue weighted by Gasteiger charge is -2.17. The molecule has 0 aliphatic carbocycles. The van der Waals surface area contributed by atoms with Gasteiger partial charge in [0.05, 0.1) is 6.10 Å². The monoisotopic (exact) mass is 326 g/mol. The van der Waals surface area contributed by atoms with Crippen LogP contribution in [0.4, 0.5) is 13.2 Å². The number of aliphatic hydroxyl groups excluding tert-OH is 1. The van der Waals surface area contributed by atoms with Crippen LogP contribution < -0.4 is 4.72 Å². The first-order chi connectivity index (χ1) is 9.58. The molecule has 1 aromatic heterocycles. The Morgan fingerprint density at radius 3 is 2.43 bits per heavy atom. The standard InChI is InChI=1S/C12H17F3N2O3S/c1-3-8(2)10(18)7-17-21(19,20)9-4-5-11(16-6-9)12(13,14)15/h4-6,8,10,17-18H,3,7H2,1-2H3/t8-,10-/m1/s1. The molecular formula is C12H17F3N2O3S. The topological polar surface area (TPSA) is 79.3 Å². The van der Waals surface area contributed by atoms with E-state index in [0.717, 1.165) is 6.07 Å². The molecule has 9 heteroatoms. The second kappa shape index (κ2) is 6.71. The van der Waals surface area contributed by atoms with Crippen LogP contribution in [0.25, 0.3) is 0 Å². The second-order valence-electron chi connectivity index (χ2n) is 4.68. The van der Waals surface area contributed by atoms with Gasteiger partial charge in [-0.25, -0.2) is 13.1 Å². The minimum Gasteiger partial charge on any atom is -0.391 e. The third-order valence-corrected chi connectivity index (χ3v) is 4.53. The molecule has 2 atom stereocenters. The van der Waals surface area contributed by atoms with Crippen LogP contribution in [-0.4, -0.2) is 31.2 Å². The van der Waals surface area contributed by atoms with Gasteiger partial charge < -0.3 is 5.11 Å². The lowest BCUT2D eigenvalue weighted by molar-refractivity contribution is -0.141. The van der Waals surface area contributed by atoms with Gasteiger partial charge in [-0.1, -0.05) is 20.3 Å². The van der Waals surface area contributed by atoms with Gasteiger partial charge in [-0.2, -0.15) is 13.2 Å². The predicted octanol–water partition coefficient (Wildman–Crippen LogP) is 1.79. The summed E-state index contributed by atoms with van der Waals surface area (Å²) in [5.74, 6) is -0.0987. The van der Waals surface area contributed by atoms with Crippen LogP contribution in [0.5, 0.6) is 0 Å². The highest BCUT2D eigenvalue weighted by Crippen LogP contribution is 2.27. The van der Waals surface area contributed by atoms with Crippen molar-refractivity contribution in [2.45, 2.75) is 37.4 Å². The van der Waals surface area contributed by atoms with Crippen molar-refractivity contribution in [3.63, 3.8) is 0 Å². The maximum Gasteiger partial charge on any atom is 0.433 e. The lowest BCUT2D eigenvalue weighted by atomic mass is 10.0.